The van der Waals surface area contributed by atoms with Crippen molar-refractivity contribution in [2.45, 2.75) is 59.6 Å². The molecule has 0 amide bonds. The van der Waals surface area contributed by atoms with Crippen LogP contribution >= 0.6 is 0 Å². The largest absolute Gasteiger partial charge is 0.416 e. The first-order valence-corrected chi connectivity index (χ1v) is 12.3. The minimum Gasteiger partial charge on any atom is -0.275 e. The Balaban J connectivity index is 0.000000353. The molecule has 0 unspecified atom stereocenters. The number of aromatic nitrogens is 1. The molecule has 1 aliphatic rings. The van der Waals surface area contributed by atoms with E-state index < -0.39 is 29.2 Å². The smallest absolute Gasteiger partial charge is 0.275 e. The maximum atomic E-state index is 13.1. The summed E-state index contributed by atoms with van der Waals surface area (Å²) in [5.41, 5.74) is 3.31. The van der Waals surface area contributed by atoms with Gasteiger partial charge in [-0.1, -0.05) is 45.0 Å². The topological polar surface area (TPSA) is 53.8 Å². The van der Waals surface area contributed by atoms with E-state index in [0.717, 1.165) is 35.3 Å². The number of halogens is 5. The lowest BCUT2D eigenvalue weighted by molar-refractivity contribution is -0.137. The molecule has 1 aromatic heterocycles. The quantitative estimate of drug-likeness (QED) is 0.193. The van der Waals surface area contributed by atoms with E-state index in [-0.39, 0.29) is 5.69 Å². The number of hydrogen-bond donors (Lipinski definition) is 0. The number of rotatable bonds is 4. The van der Waals surface area contributed by atoms with Crippen molar-refractivity contribution in [1.82, 2.24) is 4.98 Å². The molecular weight excluding hydrogens is 499 g/mol. The summed E-state index contributed by atoms with van der Waals surface area (Å²) in [6, 6.07) is 14.3. The van der Waals surface area contributed by atoms with Crippen molar-refractivity contribution >= 4 is 16.9 Å². The molecule has 0 saturated carbocycles. The molecule has 1 aliphatic carbocycles. The average molecular weight is 529 g/mol. The molecule has 0 aliphatic heterocycles. The minimum atomic E-state index is -4.40. The number of carbonyl (C=O) groups is 1. The van der Waals surface area contributed by atoms with Gasteiger partial charge in [0.2, 0.25) is 0 Å². The highest BCUT2D eigenvalue weighted by atomic mass is 19.4. The number of benzene rings is 2. The number of carbonyl (C=O) groups excluding carboxylic acids is 1. The normalized spacial score (nSPS) is 12.6. The summed E-state index contributed by atoms with van der Waals surface area (Å²) in [4.78, 5) is 15.8. The Kier molecular flexibility index (Phi) is 10.9. The number of nitrogens with zero attached hydrogens (tertiary/aromatic N) is 2. The number of nitriles is 1. The third-order valence-corrected chi connectivity index (χ3v) is 5.91. The highest BCUT2D eigenvalue weighted by Gasteiger charge is 2.31. The fourth-order valence-electron chi connectivity index (χ4n) is 4.06. The second kappa shape index (κ2) is 13.6. The molecule has 1 heterocycles. The zero-order valence-electron chi connectivity index (χ0n) is 21.7. The summed E-state index contributed by atoms with van der Waals surface area (Å²) in [5, 5.41) is 8.76. The Bertz CT molecular complexity index is 1350. The van der Waals surface area contributed by atoms with Crippen LogP contribution in [0.25, 0.3) is 11.1 Å². The van der Waals surface area contributed by atoms with Crippen molar-refractivity contribution in [3.8, 4) is 6.07 Å². The Morgan fingerprint density at radius 2 is 1.66 bits per heavy atom. The predicted molar refractivity (Wildman–Crippen MR) is 138 cm³/mol. The van der Waals surface area contributed by atoms with Crippen LogP contribution in [0, 0.1) is 29.9 Å². The third-order valence-electron chi connectivity index (χ3n) is 5.91. The van der Waals surface area contributed by atoms with Gasteiger partial charge in [-0.2, -0.15) is 18.4 Å². The van der Waals surface area contributed by atoms with Crippen LogP contribution in [0.15, 0.2) is 54.6 Å². The van der Waals surface area contributed by atoms with Gasteiger partial charge in [-0.25, -0.2) is 13.8 Å². The Hall–Kier alpha value is -3.86. The van der Waals surface area contributed by atoms with Crippen molar-refractivity contribution in [3.05, 3.63) is 99.9 Å². The minimum absolute atomic E-state index is 0.0458. The predicted octanol–water partition coefficient (Wildman–Crippen LogP) is 8.76. The monoisotopic (exact) mass is 528 g/mol. The van der Waals surface area contributed by atoms with Gasteiger partial charge in [0, 0.05) is 0 Å². The van der Waals surface area contributed by atoms with Gasteiger partial charge in [0.15, 0.2) is 11.6 Å². The van der Waals surface area contributed by atoms with Crippen LogP contribution in [-0.4, -0.2) is 10.8 Å². The molecule has 8 heteroatoms. The van der Waals surface area contributed by atoms with Gasteiger partial charge in [0.05, 0.1) is 11.3 Å². The molecule has 2 aromatic carbocycles. The lowest BCUT2D eigenvalue weighted by Gasteiger charge is -2.14. The van der Waals surface area contributed by atoms with Gasteiger partial charge < -0.3 is 0 Å². The van der Waals surface area contributed by atoms with E-state index >= 15 is 0 Å². The molecule has 0 atom stereocenters. The molecule has 0 saturated heterocycles. The highest BCUT2D eigenvalue weighted by Crippen LogP contribution is 2.42. The van der Waals surface area contributed by atoms with E-state index in [1.165, 1.54) is 30.3 Å². The number of alkyl halides is 3. The molecule has 3 nitrogen and oxygen atoms in total. The van der Waals surface area contributed by atoms with Crippen LogP contribution in [0.5, 0.6) is 0 Å². The fraction of sp³-hybridized carbons (Fsp3) is 0.300. The summed E-state index contributed by atoms with van der Waals surface area (Å²) in [6.07, 6.45) is -1.75. The number of Topliss-reactive ketones (excluding diaryl/α,β-unsaturated/α-hetero) is 1. The van der Waals surface area contributed by atoms with E-state index in [2.05, 4.69) is 4.98 Å². The van der Waals surface area contributed by atoms with Crippen LogP contribution < -0.4 is 0 Å². The molecule has 0 spiro atoms. The van der Waals surface area contributed by atoms with Gasteiger partial charge in [-0.15, -0.1) is 0 Å². The summed E-state index contributed by atoms with van der Waals surface area (Å²) in [6.45, 7) is 7.57. The zero-order valence-corrected chi connectivity index (χ0v) is 21.7. The third kappa shape index (κ3) is 7.34. The van der Waals surface area contributed by atoms with Crippen LogP contribution in [-0.2, 0) is 12.6 Å². The first-order chi connectivity index (χ1) is 18.1. The lowest BCUT2D eigenvalue weighted by Crippen LogP contribution is -2.06. The van der Waals surface area contributed by atoms with E-state index in [1.807, 2.05) is 13.8 Å². The molecule has 38 heavy (non-hydrogen) atoms. The molecule has 0 bridgehead atoms. The number of ketones is 1. The molecule has 4 rings (SSSR count). The average Bonchev–Trinajstić information content (AvgIpc) is 3.41. The summed E-state index contributed by atoms with van der Waals surface area (Å²) in [7, 11) is 0. The van der Waals surface area contributed by atoms with E-state index in [4.69, 9.17) is 5.26 Å². The second-order valence-corrected chi connectivity index (χ2v) is 8.25. The van der Waals surface area contributed by atoms with Crippen LogP contribution in [0.4, 0.5) is 22.0 Å². The summed E-state index contributed by atoms with van der Waals surface area (Å²) >= 11 is 0. The van der Waals surface area contributed by atoms with Crippen LogP contribution in [0.3, 0.4) is 0 Å². The molecule has 3 aromatic rings. The number of aryl methyl sites for hydroxylation is 2. The molecular formula is C30H29F5N2O. The Morgan fingerprint density at radius 1 is 1.00 bits per heavy atom. The van der Waals surface area contributed by atoms with Gasteiger partial charge in [-0.05, 0) is 90.8 Å². The fourth-order valence-corrected chi connectivity index (χ4v) is 4.06. The Morgan fingerprint density at radius 3 is 2.26 bits per heavy atom. The van der Waals surface area contributed by atoms with Crippen molar-refractivity contribution in [2.24, 2.45) is 0 Å². The van der Waals surface area contributed by atoms with Gasteiger partial charge in [0.1, 0.15) is 11.8 Å². The molecule has 0 fully saturated rings. The zero-order chi connectivity index (χ0) is 28.5. The number of hydrogen-bond acceptors (Lipinski definition) is 3. The Labute approximate surface area is 219 Å². The molecule has 0 radical (unpaired) electrons. The van der Waals surface area contributed by atoms with Gasteiger partial charge in [-0.3, -0.25) is 4.79 Å². The highest BCUT2D eigenvalue weighted by molar-refractivity contribution is 6.06. The van der Waals surface area contributed by atoms with Crippen molar-refractivity contribution in [3.63, 3.8) is 0 Å². The SMILES string of the molecule is CC.CCc1cccc(F)c1F.Cc1ccc(C(F)(F)F)cc1C1=C(c2cccc(C(=O)C#N)n2)CCC1. The van der Waals surface area contributed by atoms with Gasteiger partial charge >= 0.3 is 6.18 Å². The first-order valence-electron chi connectivity index (χ1n) is 12.3. The summed E-state index contributed by atoms with van der Waals surface area (Å²) < 4.78 is 64.3. The van der Waals surface area contributed by atoms with Crippen molar-refractivity contribution in [2.75, 3.05) is 0 Å². The first kappa shape index (κ1) is 30.4. The molecule has 200 valence electrons. The maximum Gasteiger partial charge on any atom is 0.416 e. The maximum absolute atomic E-state index is 13.1. The molecule has 0 N–H and O–H groups in total. The van der Waals surface area contributed by atoms with E-state index in [9.17, 15) is 26.7 Å². The second-order valence-electron chi connectivity index (χ2n) is 8.25. The van der Waals surface area contributed by atoms with Gasteiger partial charge in [0.25, 0.3) is 5.78 Å². The van der Waals surface area contributed by atoms with Crippen LogP contribution in [0.2, 0.25) is 0 Å². The lowest BCUT2D eigenvalue weighted by atomic mass is 9.94. The van der Waals surface area contributed by atoms with E-state index in [0.29, 0.717) is 36.1 Å². The summed E-state index contributed by atoms with van der Waals surface area (Å²) in [5.74, 6) is -2.22. The number of allylic oxidation sites excluding steroid dienone is 2. The van der Waals surface area contributed by atoms with E-state index in [1.54, 1.807) is 32.0 Å². The van der Waals surface area contributed by atoms with Crippen LogP contribution in [0.1, 0.15) is 78.5 Å². The standard InChI is InChI=1S/C20H15F3N2O.C8H8F2.C2H6/c1-12-8-9-13(20(21,22)23)10-16(12)14-4-2-5-15(14)17-6-3-7-18(25-17)19(26)11-24;1-2-6-4-3-5-7(9)8(6)10;1-2/h3,6-10H,2,4-5H2,1H3;3-5H,2H2,1H3;1-2H3. The van der Waals surface area contributed by atoms with Crippen molar-refractivity contribution in [1.29, 1.82) is 5.26 Å². The number of pyridine rings is 1. The van der Waals surface area contributed by atoms with Crippen molar-refractivity contribution < 1.29 is 26.7 Å².